The molecule has 0 aromatic rings. The van der Waals surface area contributed by atoms with Gasteiger partial charge in [0.25, 0.3) is 0 Å². The fourth-order valence-corrected chi connectivity index (χ4v) is 2.16. The Morgan fingerprint density at radius 2 is 1.10 bits per heavy atom. The summed E-state index contributed by atoms with van der Waals surface area (Å²) in [4.78, 5) is 69.2. The van der Waals surface area contributed by atoms with Crippen LogP contribution in [-0.4, -0.2) is 78.8 Å². The van der Waals surface area contributed by atoms with E-state index in [1.807, 2.05) is 0 Å². The SMILES string of the molecule is CC(C)N[C@@H](CCC(=O)NCC(=O)NCC(=O)NCC(=O)NCC(=O)C(C)C)C(=O)O. The zero-order chi connectivity index (χ0) is 24.0. The van der Waals surface area contributed by atoms with Crippen molar-refractivity contribution in [3.8, 4) is 0 Å². The van der Waals surface area contributed by atoms with Gasteiger partial charge in [-0.2, -0.15) is 0 Å². The zero-order valence-corrected chi connectivity index (χ0v) is 18.4. The summed E-state index contributed by atoms with van der Waals surface area (Å²) in [6, 6.07) is -0.932. The maximum atomic E-state index is 11.8. The summed E-state index contributed by atoms with van der Waals surface area (Å²) in [5, 5.41) is 21.2. The number of carbonyl (C=O) groups is 6. The first-order valence-corrected chi connectivity index (χ1v) is 10.0. The molecule has 0 fully saturated rings. The maximum Gasteiger partial charge on any atom is 0.320 e. The van der Waals surface area contributed by atoms with Gasteiger partial charge in [-0.25, -0.2) is 0 Å². The van der Waals surface area contributed by atoms with Gasteiger partial charge in [0, 0.05) is 18.4 Å². The van der Waals surface area contributed by atoms with Crippen molar-refractivity contribution in [1.82, 2.24) is 26.6 Å². The first kappa shape index (κ1) is 28.0. The van der Waals surface area contributed by atoms with Gasteiger partial charge in [0.2, 0.25) is 23.6 Å². The Kier molecular flexibility index (Phi) is 13.4. The van der Waals surface area contributed by atoms with Crippen LogP contribution in [0.25, 0.3) is 0 Å². The van der Waals surface area contributed by atoms with Crippen molar-refractivity contribution in [2.45, 2.75) is 52.6 Å². The molecule has 0 aliphatic rings. The van der Waals surface area contributed by atoms with Crippen LogP contribution in [0.5, 0.6) is 0 Å². The summed E-state index contributed by atoms with van der Waals surface area (Å²) in [5.74, 6) is -3.67. The maximum absolute atomic E-state index is 11.8. The van der Waals surface area contributed by atoms with Crippen molar-refractivity contribution < 1.29 is 33.9 Å². The molecule has 4 amide bonds. The summed E-state index contributed by atoms with van der Waals surface area (Å²) in [6.45, 7) is 5.75. The molecule has 0 rings (SSSR count). The Morgan fingerprint density at radius 1 is 0.677 bits per heavy atom. The highest BCUT2D eigenvalue weighted by molar-refractivity contribution is 5.91. The summed E-state index contributed by atoms with van der Waals surface area (Å²) in [6.07, 6.45) is -0.0208. The van der Waals surface area contributed by atoms with Crippen molar-refractivity contribution in [2.24, 2.45) is 5.92 Å². The van der Waals surface area contributed by atoms with E-state index < -0.39 is 42.2 Å². The minimum Gasteiger partial charge on any atom is -0.480 e. The quantitative estimate of drug-likeness (QED) is 0.166. The van der Waals surface area contributed by atoms with Gasteiger partial charge < -0.3 is 31.7 Å². The first-order valence-electron chi connectivity index (χ1n) is 10.0. The number of rotatable bonds is 15. The number of aliphatic carboxylic acids is 1. The summed E-state index contributed by atoms with van der Waals surface area (Å²) >= 11 is 0. The van der Waals surface area contributed by atoms with Gasteiger partial charge in [-0.1, -0.05) is 27.7 Å². The monoisotopic (exact) mass is 443 g/mol. The fourth-order valence-electron chi connectivity index (χ4n) is 2.16. The molecule has 0 aromatic heterocycles. The average Bonchev–Trinajstić information content (AvgIpc) is 2.69. The lowest BCUT2D eigenvalue weighted by atomic mass is 10.1. The van der Waals surface area contributed by atoms with Gasteiger partial charge in [0.05, 0.1) is 26.2 Å². The number of amides is 4. The van der Waals surface area contributed by atoms with Gasteiger partial charge in [-0.3, -0.25) is 28.8 Å². The van der Waals surface area contributed by atoms with E-state index in [-0.39, 0.29) is 50.2 Å². The van der Waals surface area contributed by atoms with E-state index in [2.05, 4.69) is 26.6 Å². The second-order valence-electron chi connectivity index (χ2n) is 7.48. The van der Waals surface area contributed by atoms with Crippen LogP contribution >= 0.6 is 0 Å². The van der Waals surface area contributed by atoms with Gasteiger partial charge in [0.15, 0.2) is 5.78 Å². The van der Waals surface area contributed by atoms with Crippen LogP contribution in [0.2, 0.25) is 0 Å². The standard InChI is InChI=1S/C19H33N5O7/c1-11(2)14(25)7-20-16(27)9-22-18(29)10-23-17(28)8-21-15(26)6-5-13(19(30)31)24-12(3)4/h11-13,24H,5-10H2,1-4H3,(H,20,27)(H,21,26)(H,22,29)(H,23,28)(H,30,31)/t13-/m0/s1. The zero-order valence-electron chi connectivity index (χ0n) is 18.4. The minimum absolute atomic E-state index is 0.0605. The molecule has 12 heteroatoms. The topological polar surface area (TPSA) is 183 Å². The van der Waals surface area contributed by atoms with E-state index in [1.54, 1.807) is 27.7 Å². The van der Waals surface area contributed by atoms with Crippen molar-refractivity contribution >= 4 is 35.4 Å². The highest BCUT2D eigenvalue weighted by atomic mass is 16.4. The lowest BCUT2D eigenvalue weighted by molar-refractivity contribution is -0.140. The molecule has 0 unspecified atom stereocenters. The summed E-state index contributed by atoms with van der Waals surface area (Å²) in [5.41, 5.74) is 0. The molecule has 0 aliphatic heterocycles. The highest BCUT2D eigenvalue weighted by Gasteiger charge is 2.19. The number of ketones is 1. The molecular weight excluding hydrogens is 410 g/mol. The summed E-state index contributed by atoms with van der Waals surface area (Å²) < 4.78 is 0. The van der Waals surface area contributed by atoms with Crippen LogP contribution in [0, 0.1) is 5.92 Å². The van der Waals surface area contributed by atoms with Crippen LogP contribution < -0.4 is 26.6 Å². The van der Waals surface area contributed by atoms with E-state index in [9.17, 15) is 28.8 Å². The number of Topliss-reactive ketones (excluding diaryl/α,β-unsaturated/α-hetero) is 1. The first-order chi connectivity index (χ1) is 14.4. The third kappa shape index (κ3) is 14.6. The lowest BCUT2D eigenvalue weighted by Gasteiger charge is -2.16. The molecule has 0 bridgehead atoms. The van der Waals surface area contributed by atoms with E-state index in [1.165, 1.54) is 0 Å². The summed E-state index contributed by atoms with van der Waals surface area (Å²) in [7, 11) is 0. The molecule has 0 heterocycles. The molecule has 0 aliphatic carbocycles. The third-order valence-electron chi connectivity index (χ3n) is 3.93. The molecule has 0 saturated carbocycles. The largest absolute Gasteiger partial charge is 0.480 e. The van der Waals surface area contributed by atoms with E-state index in [0.29, 0.717) is 0 Å². The van der Waals surface area contributed by atoms with Crippen molar-refractivity contribution in [3.05, 3.63) is 0 Å². The predicted octanol–water partition coefficient (Wildman–Crippen LogP) is -2.09. The Hall–Kier alpha value is -3.02. The predicted molar refractivity (Wildman–Crippen MR) is 111 cm³/mol. The average molecular weight is 444 g/mol. The van der Waals surface area contributed by atoms with Crippen molar-refractivity contribution in [3.63, 3.8) is 0 Å². The Labute approximate surface area is 181 Å². The number of nitrogens with one attached hydrogen (secondary N) is 5. The Bertz CT molecular complexity index is 664. The molecule has 0 radical (unpaired) electrons. The second-order valence-corrected chi connectivity index (χ2v) is 7.48. The van der Waals surface area contributed by atoms with Gasteiger partial charge in [0.1, 0.15) is 6.04 Å². The van der Waals surface area contributed by atoms with Crippen molar-refractivity contribution in [2.75, 3.05) is 26.2 Å². The van der Waals surface area contributed by atoms with Gasteiger partial charge >= 0.3 is 5.97 Å². The molecule has 12 nitrogen and oxygen atoms in total. The molecule has 0 aromatic carbocycles. The van der Waals surface area contributed by atoms with Crippen LogP contribution in [0.4, 0.5) is 0 Å². The van der Waals surface area contributed by atoms with E-state index >= 15 is 0 Å². The van der Waals surface area contributed by atoms with E-state index in [4.69, 9.17) is 5.11 Å². The van der Waals surface area contributed by atoms with Crippen LogP contribution in [0.1, 0.15) is 40.5 Å². The highest BCUT2D eigenvalue weighted by Crippen LogP contribution is 1.99. The minimum atomic E-state index is -1.06. The van der Waals surface area contributed by atoms with Crippen molar-refractivity contribution in [1.29, 1.82) is 0 Å². The van der Waals surface area contributed by atoms with Crippen LogP contribution in [-0.2, 0) is 28.8 Å². The number of hydrogen-bond acceptors (Lipinski definition) is 7. The molecule has 0 spiro atoms. The molecule has 31 heavy (non-hydrogen) atoms. The lowest BCUT2D eigenvalue weighted by Crippen LogP contribution is -2.45. The molecule has 0 saturated heterocycles. The molecule has 1 atom stereocenters. The smallest absolute Gasteiger partial charge is 0.320 e. The number of carboxylic acid groups (broad SMARTS) is 1. The van der Waals surface area contributed by atoms with E-state index in [0.717, 1.165) is 0 Å². The number of hydrogen-bond donors (Lipinski definition) is 6. The number of carboxylic acids is 1. The number of carbonyl (C=O) groups excluding carboxylic acids is 5. The normalized spacial score (nSPS) is 11.5. The molecular formula is C19H33N5O7. The second kappa shape index (κ2) is 14.9. The van der Waals surface area contributed by atoms with Crippen LogP contribution in [0.15, 0.2) is 0 Å². The van der Waals surface area contributed by atoms with Crippen LogP contribution in [0.3, 0.4) is 0 Å². The molecule has 176 valence electrons. The Morgan fingerprint density at radius 3 is 1.48 bits per heavy atom. The molecule has 6 N–H and O–H groups in total. The van der Waals surface area contributed by atoms with Gasteiger partial charge in [-0.05, 0) is 6.42 Å². The van der Waals surface area contributed by atoms with Gasteiger partial charge in [-0.15, -0.1) is 0 Å². The Balaban J connectivity index is 4.03. The third-order valence-corrected chi connectivity index (χ3v) is 3.93. The fraction of sp³-hybridized carbons (Fsp3) is 0.684.